The number of hydrogen-bond acceptors (Lipinski definition) is 4. The zero-order valence-corrected chi connectivity index (χ0v) is 11.9. The molecule has 3 N–H and O–H groups in total. The largest absolute Gasteiger partial charge is 0.462 e. The molecule has 0 atom stereocenters. The Bertz CT molecular complexity index is 671. The Labute approximate surface area is 122 Å². The first-order valence-corrected chi connectivity index (χ1v) is 6.61. The molecule has 0 fully saturated rings. The smallest absolute Gasteiger partial charge is 0.338 e. The number of halogens is 1. The molecular weight excluding hydrogens is 271 g/mol. The van der Waals surface area contributed by atoms with Gasteiger partial charge in [-0.2, -0.15) is 0 Å². The van der Waals surface area contributed by atoms with Crippen LogP contribution in [0.5, 0.6) is 0 Å². The van der Waals surface area contributed by atoms with Gasteiger partial charge in [0.2, 0.25) is 0 Å². The number of carbonyl (C=O) groups excluding carboxylic acids is 1. The number of nitrogens with one attached hydrogen (secondary N) is 1. The molecule has 0 aliphatic rings. The zero-order chi connectivity index (χ0) is 15.4. The van der Waals surface area contributed by atoms with E-state index in [9.17, 15) is 9.18 Å². The monoisotopic (exact) mass is 288 g/mol. The van der Waals surface area contributed by atoms with Gasteiger partial charge in [0.05, 0.1) is 23.5 Å². The van der Waals surface area contributed by atoms with Crippen LogP contribution in [-0.2, 0) is 4.74 Å². The summed E-state index contributed by atoms with van der Waals surface area (Å²) < 4.78 is 18.1. The molecule has 5 heteroatoms. The SMILES string of the molecule is CCOC(=O)c1ccc(Nc2ccc(F)c(C)c2)c(N)c1. The topological polar surface area (TPSA) is 64.3 Å². The number of aryl methyl sites for hydroxylation is 1. The fourth-order valence-corrected chi connectivity index (χ4v) is 1.90. The Morgan fingerprint density at radius 3 is 2.67 bits per heavy atom. The molecule has 2 aromatic rings. The predicted molar refractivity (Wildman–Crippen MR) is 81.2 cm³/mol. The van der Waals surface area contributed by atoms with E-state index >= 15 is 0 Å². The highest BCUT2D eigenvalue weighted by Gasteiger charge is 2.09. The first kappa shape index (κ1) is 14.8. The van der Waals surface area contributed by atoms with Crippen molar-refractivity contribution in [3.8, 4) is 0 Å². The maximum Gasteiger partial charge on any atom is 0.338 e. The number of anilines is 3. The summed E-state index contributed by atoms with van der Waals surface area (Å²) in [6.07, 6.45) is 0. The van der Waals surface area contributed by atoms with E-state index in [0.29, 0.717) is 29.1 Å². The molecule has 0 bridgehead atoms. The lowest BCUT2D eigenvalue weighted by atomic mass is 10.1. The average molecular weight is 288 g/mol. The van der Waals surface area contributed by atoms with Crippen molar-refractivity contribution in [2.24, 2.45) is 0 Å². The number of nitrogens with two attached hydrogens (primary N) is 1. The van der Waals surface area contributed by atoms with Gasteiger partial charge in [0.15, 0.2) is 0 Å². The Balaban J connectivity index is 2.21. The molecule has 0 saturated carbocycles. The van der Waals surface area contributed by atoms with Crippen molar-refractivity contribution in [1.82, 2.24) is 0 Å². The van der Waals surface area contributed by atoms with Crippen molar-refractivity contribution >= 4 is 23.0 Å². The van der Waals surface area contributed by atoms with Crippen molar-refractivity contribution in [1.29, 1.82) is 0 Å². The van der Waals surface area contributed by atoms with E-state index in [4.69, 9.17) is 10.5 Å². The second-order valence-electron chi connectivity index (χ2n) is 4.61. The number of ether oxygens (including phenoxy) is 1. The number of esters is 1. The molecule has 2 aromatic carbocycles. The molecule has 0 amide bonds. The van der Waals surface area contributed by atoms with Crippen LogP contribution in [0.4, 0.5) is 21.5 Å². The fourth-order valence-electron chi connectivity index (χ4n) is 1.90. The van der Waals surface area contributed by atoms with Crippen LogP contribution in [0.2, 0.25) is 0 Å². The van der Waals surface area contributed by atoms with Gasteiger partial charge in [0.1, 0.15) is 5.82 Å². The summed E-state index contributed by atoms with van der Waals surface area (Å²) >= 11 is 0. The number of hydrogen-bond donors (Lipinski definition) is 2. The molecule has 0 aliphatic heterocycles. The minimum atomic E-state index is -0.409. The summed E-state index contributed by atoms with van der Waals surface area (Å²) in [7, 11) is 0. The molecule has 0 heterocycles. The van der Waals surface area contributed by atoms with Crippen molar-refractivity contribution in [2.45, 2.75) is 13.8 Å². The van der Waals surface area contributed by atoms with E-state index in [0.717, 1.165) is 5.69 Å². The lowest BCUT2D eigenvalue weighted by Crippen LogP contribution is -2.06. The standard InChI is InChI=1S/C16H17FN2O2/c1-3-21-16(20)11-4-7-15(14(18)9-11)19-12-5-6-13(17)10(2)8-12/h4-9,19H,3,18H2,1-2H3. The van der Waals surface area contributed by atoms with E-state index in [-0.39, 0.29) is 5.82 Å². The van der Waals surface area contributed by atoms with Gasteiger partial charge >= 0.3 is 5.97 Å². The molecule has 0 saturated heterocycles. The molecule has 0 aromatic heterocycles. The first-order chi connectivity index (χ1) is 10.0. The third kappa shape index (κ3) is 3.51. The third-order valence-corrected chi connectivity index (χ3v) is 3.00. The molecule has 0 spiro atoms. The number of benzene rings is 2. The number of nitrogen functional groups attached to an aromatic ring is 1. The summed E-state index contributed by atoms with van der Waals surface area (Å²) in [5.74, 6) is -0.667. The highest BCUT2D eigenvalue weighted by Crippen LogP contribution is 2.25. The summed E-state index contributed by atoms with van der Waals surface area (Å²) in [5, 5.41) is 3.09. The second-order valence-corrected chi connectivity index (χ2v) is 4.61. The van der Waals surface area contributed by atoms with Gasteiger partial charge in [-0.1, -0.05) is 0 Å². The van der Waals surface area contributed by atoms with E-state index in [1.165, 1.54) is 6.07 Å². The molecule has 0 aliphatic carbocycles. The molecule has 0 radical (unpaired) electrons. The quantitative estimate of drug-likeness (QED) is 0.666. The van der Waals surface area contributed by atoms with Gasteiger partial charge in [-0.15, -0.1) is 0 Å². The van der Waals surface area contributed by atoms with Gasteiger partial charge in [0, 0.05) is 5.69 Å². The normalized spacial score (nSPS) is 10.2. The van der Waals surface area contributed by atoms with E-state index in [1.807, 2.05) is 0 Å². The second kappa shape index (κ2) is 6.26. The molecular formula is C16H17FN2O2. The summed E-state index contributed by atoms with van der Waals surface area (Å²) in [6.45, 7) is 3.75. The van der Waals surface area contributed by atoms with Crippen molar-refractivity contribution < 1.29 is 13.9 Å². The highest BCUT2D eigenvalue weighted by atomic mass is 19.1. The molecule has 2 rings (SSSR count). The number of rotatable bonds is 4. The van der Waals surface area contributed by atoms with E-state index < -0.39 is 5.97 Å². The van der Waals surface area contributed by atoms with Crippen LogP contribution in [0.25, 0.3) is 0 Å². The predicted octanol–water partition coefficient (Wildman–Crippen LogP) is 3.64. The van der Waals surface area contributed by atoms with Gasteiger partial charge in [-0.3, -0.25) is 0 Å². The van der Waals surface area contributed by atoms with Gasteiger partial charge in [-0.05, 0) is 55.8 Å². The Morgan fingerprint density at radius 2 is 2.05 bits per heavy atom. The average Bonchev–Trinajstić information content (AvgIpc) is 2.45. The fraction of sp³-hybridized carbons (Fsp3) is 0.188. The molecule has 110 valence electrons. The van der Waals surface area contributed by atoms with Crippen molar-refractivity contribution in [3.05, 3.63) is 53.3 Å². The summed E-state index contributed by atoms with van der Waals surface area (Å²) in [4.78, 5) is 11.6. The Kier molecular flexibility index (Phi) is 4.42. The zero-order valence-electron chi connectivity index (χ0n) is 11.9. The van der Waals surface area contributed by atoms with Crippen LogP contribution in [-0.4, -0.2) is 12.6 Å². The first-order valence-electron chi connectivity index (χ1n) is 6.61. The van der Waals surface area contributed by atoms with E-state index in [2.05, 4.69) is 5.32 Å². The van der Waals surface area contributed by atoms with Crippen LogP contribution in [0, 0.1) is 12.7 Å². The molecule has 4 nitrogen and oxygen atoms in total. The Hall–Kier alpha value is -2.56. The van der Waals surface area contributed by atoms with Gasteiger partial charge in [0.25, 0.3) is 0 Å². The molecule has 0 unspecified atom stereocenters. The van der Waals surface area contributed by atoms with Crippen molar-refractivity contribution in [3.63, 3.8) is 0 Å². The Morgan fingerprint density at radius 1 is 1.29 bits per heavy atom. The number of carbonyl (C=O) groups is 1. The van der Waals surface area contributed by atoms with Crippen LogP contribution in [0.15, 0.2) is 36.4 Å². The highest BCUT2D eigenvalue weighted by molar-refractivity contribution is 5.92. The minimum absolute atomic E-state index is 0.258. The van der Waals surface area contributed by atoms with Crippen LogP contribution in [0.3, 0.4) is 0 Å². The van der Waals surface area contributed by atoms with Gasteiger partial charge < -0.3 is 15.8 Å². The third-order valence-electron chi connectivity index (χ3n) is 3.00. The van der Waals surface area contributed by atoms with Crippen molar-refractivity contribution in [2.75, 3.05) is 17.7 Å². The van der Waals surface area contributed by atoms with Crippen LogP contribution >= 0.6 is 0 Å². The summed E-state index contributed by atoms with van der Waals surface area (Å²) in [6, 6.07) is 9.58. The lowest BCUT2D eigenvalue weighted by Gasteiger charge is -2.11. The maximum absolute atomic E-state index is 13.2. The van der Waals surface area contributed by atoms with E-state index in [1.54, 1.807) is 44.2 Å². The molecule has 21 heavy (non-hydrogen) atoms. The minimum Gasteiger partial charge on any atom is -0.462 e. The van der Waals surface area contributed by atoms with Crippen LogP contribution in [0.1, 0.15) is 22.8 Å². The summed E-state index contributed by atoms with van der Waals surface area (Å²) in [5.41, 5.74) is 8.66. The van der Waals surface area contributed by atoms with Crippen LogP contribution < -0.4 is 11.1 Å². The maximum atomic E-state index is 13.2. The van der Waals surface area contributed by atoms with Gasteiger partial charge in [-0.25, -0.2) is 9.18 Å². The lowest BCUT2D eigenvalue weighted by molar-refractivity contribution is 0.0526.